The summed E-state index contributed by atoms with van der Waals surface area (Å²) in [6.07, 6.45) is -2.72. The van der Waals surface area contributed by atoms with Crippen LogP contribution in [0.25, 0.3) is 0 Å². The third-order valence-electron chi connectivity index (χ3n) is 3.71. The molecule has 0 aliphatic carbocycles. The van der Waals surface area contributed by atoms with E-state index in [-0.39, 0.29) is 26.0 Å². The molecule has 0 aliphatic rings. The van der Waals surface area contributed by atoms with E-state index in [4.69, 9.17) is 14.0 Å². The summed E-state index contributed by atoms with van der Waals surface area (Å²) in [5.74, 6) is 0. The third kappa shape index (κ3) is 5.12. The minimum Gasteiger partial charge on any atom is -0.389 e. The zero-order valence-electron chi connectivity index (χ0n) is 14.8. The minimum atomic E-state index is -3.56. The van der Waals surface area contributed by atoms with Crippen LogP contribution in [0.15, 0.2) is 30.3 Å². The van der Waals surface area contributed by atoms with Crippen LogP contribution in [-0.2, 0) is 18.6 Å². The Kier molecular flexibility index (Phi) is 8.57. The van der Waals surface area contributed by atoms with Gasteiger partial charge in [0.05, 0.1) is 18.9 Å². The molecule has 0 saturated heterocycles. The third-order valence-corrected chi connectivity index (χ3v) is 6.74. The predicted molar refractivity (Wildman–Crippen MR) is 93.2 cm³/mol. The Morgan fingerprint density at radius 1 is 1.04 bits per heavy atom. The molecule has 7 heteroatoms. The van der Waals surface area contributed by atoms with Crippen LogP contribution in [0.3, 0.4) is 0 Å². The normalized spacial score (nSPS) is 17.2. The van der Waals surface area contributed by atoms with Gasteiger partial charge in [0, 0.05) is 13.2 Å². The van der Waals surface area contributed by atoms with E-state index in [0.717, 1.165) is 0 Å². The van der Waals surface area contributed by atoms with Crippen molar-refractivity contribution in [2.75, 3.05) is 26.0 Å². The van der Waals surface area contributed by atoms with Gasteiger partial charge < -0.3 is 24.2 Å². The second-order valence-electron chi connectivity index (χ2n) is 5.46. The Morgan fingerprint density at radius 2 is 1.58 bits per heavy atom. The van der Waals surface area contributed by atoms with Crippen LogP contribution in [-0.4, -0.2) is 47.8 Å². The first-order chi connectivity index (χ1) is 11.3. The Morgan fingerprint density at radius 3 is 2.04 bits per heavy atom. The SMILES string of the molecule is CCOC(C)(OCC)P(=O)(C[C@H](O)[C@H](O)c1ccccc1)OCC. The van der Waals surface area contributed by atoms with Gasteiger partial charge in [-0.15, -0.1) is 0 Å². The number of hydrogen-bond donors (Lipinski definition) is 2. The highest BCUT2D eigenvalue weighted by Gasteiger charge is 2.49. The fourth-order valence-corrected chi connectivity index (χ4v) is 4.97. The summed E-state index contributed by atoms with van der Waals surface area (Å²) in [6.45, 7) is 7.55. The Hall–Kier alpha value is -0.750. The maximum Gasteiger partial charge on any atom is 0.263 e. The first-order valence-electron chi connectivity index (χ1n) is 8.26. The lowest BCUT2D eigenvalue weighted by Crippen LogP contribution is -2.37. The van der Waals surface area contributed by atoms with Gasteiger partial charge in [-0.3, -0.25) is 4.57 Å². The van der Waals surface area contributed by atoms with Crippen molar-refractivity contribution in [3.63, 3.8) is 0 Å². The number of aliphatic hydroxyl groups excluding tert-OH is 2. The number of rotatable bonds is 11. The molecular weight excluding hydrogens is 331 g/mol. The van der Waals surface area contributed by atoms with Crippen molar-refractivity contribution in [1.29, 1.82) is 0 Å². The lowest BCUT2D eigenvalue weighted by Gasteiger charge is -2.37. The smallest absolute Gasteiger partial charge is 0.263 e. The topological polar surface area (TPSA) is 85.2 Å². The molecule has 0 aliphatic heterocycles. The molecule has 24 heavy (non-hydrogen) atoms. The Labute approximate surface area is 144 Å². The molecule has 0 amide bonds. The van der Waals surface area contributed by atoms with Crippen molar-refractivity contribution in [1.82, 2.24) is 0 Å². The molecule has 6 nitrogen and oxygen atoms in total. The highest BCUT2D eigenvalue weighted by molar-refractivity contribution is 7.60. The summed E-state index contributed by atoms with van der Waals surface area (Å²) < 4.78 is 30.1. The Bertz CT molecular complexity index is 515. The maximum absolute atomic E-state index is 13.4. The average molecular weight is 360 g/mol. The van der Waals surface area contributed by atoms with Crippen molar-refractivity contribution >= 4 is 7.37 Å². The van der Waals surface area contributed by atoms with Crippen LogP contribution in [0, 0.1) is 0 Å². The molecule has 1 unspecified atom stereocenters. The molecule has 3 atom stereocenters. The van der Waals surface area contributed by atoms with E-state index < -0.39 is 25.1 Å². The van der Waals surface area contributed by atoms with Gasteiger partial charge in [-0.1, -0.05) is 30.3 Å². The van der Waals surface area contributed by atoms with E-state index in [9.17, 15) is 14.8 Å². The van der Waals surface area contributed by atoms with Gasteiger partial charge >= 0.3 is 0 Å². The van der Waals surface area contributed by atoms with E-state index in [1.807, 2.05) is 6.07 Å². The zero-order valence-corrected chi connectivity index (χ0v) is 15.7. The molecule has 0 aromatic heterocycles. The molecule has 0 spiro atoms. The van der Waals surface area contributed by atoms with Crippen LogP contribution in [0.4, 0.5) is 0 Å². The number of benzene rings is 1. The molecule has 0 bridgehead atoms. The first kappa shape index (κ1) is 21.3. The molecule has 0 fully saturated rings. The summed E-state index contributed by atoms with van der Waals surface area (Å²) in [6, 6.07) is 8.73. The molecule has 2 N–H and O–H groups in total. The van der Waals surface area contributed by atoms with Gasteiger partial charge in [-0.25, -0.2) is 0 Å². The molecule has 1 aromatic carbocycles. The van der Waals surface area contributed by atoms with E-state index in [1.54, 1.807) is 52.0 Å². The van der Waals surface area contributed by atoms with E-state index in [2.05, 4.69) is 0 Å². The van der Waals surface area contributed by atoms with Crippen LogP contribution in [0.5, 0.6) is 0 Å². The standard InChI is InChI=1S/C17H29O6P/c1-5-21-17(4,22-6-2)24(20,23-7-3)13-15(18)16(19)14-11-9-8-10-12-14/h8-12,15-16,18-19H,5-7,13H2,1-4H3/t15-,16+,24?/m0/s1. The summed E-state index contributed by atoms with van der Waals surface area (Å²) in [5, 5.41) is 20.8. The van der Waals surface area contributed by atoms with E-state index in [0.29, 0.717) is 5.56 Å². The second kappa shape index (κ2) is 9.66. The highest BCUT2D eigenvalue weighted by Crippen LogP contribution is 2.61. The first-order valence-corrected chi connectivity index (χ1v) is 10.1. The highest BCUT2D eigenvalue weighted by atomic mass is 31.2. The minimum absolute atomic E-state index is 0.182. The number of ether oxygens (including phenoxy) is 2. The van der Waals surface area contributed by atoms with Crippen molar-refractivity contribution in [2.45, 2.75) is 45.4 Å². The van der Waals surface area contributed by atoms with E-state index >= 15 is 0 Å². The Balaban J connectivity index is 3.03. The van der Waals surface area contributed by atoms with Gasteiger partial charge in [0.2, 0.25) is 5.53 Å². The van der Waals surface area contributed by atoms with E-state index in [1.165, 1.54) is 0 Å². The quantitative estimate of drug-likeness (QED) is 0.466. The molecule has 0 saturated carbocycles. The van der Waals surface area contributed by atoms with Crippen LogP contribution >= 0.6 is 7.37 Å². The van der Waals surface area contributed by atoms with Gasteiger partial charge in [0.15, 0.2) is 0 Å². The van der Waals surface area contributed by atoms with Gasteiger partial charge in [-0.2, -0.15) is 0 Å². The largest absolute Gasteiger partial charge is 0.389 e. The maximum atomic E-state index is 13.4. The molecule has 0 heterocycles. The van der Waals surface area contributed by atoms with Crippen molar-refractivity contribution < 1.29 is 28.8 Å². The summed E-state index contributed by atoms with van der Waals surface area (Å²) in [4.78, 5) is 0. The summed E-state index contributed by atoms with van der Waals surface area (Å²) >= 11 is 0. The van der Waals surface area contributed by atoms with Gasteiger partial charge in [-0.05, 0) is 33.3 Å². The van der Waals surface area contributed by atoms with Crippen molar-refractivity contribution in [2.24, 2.45) is 0 Å². The lowest BCUT2D eigenvalue weighted by atomic mass is 10.1. The van der Waals surface area contributed by atoms with Crippen LogP contribution in [0.2, 0.25) is 0 Å². The van der Waals surface area contributed by atoms with Gasteiger partial charge in [0.1, 0.15) is 6.10 Å². The number of hydrogen-bond acceptors (Lipinski definition) is 6. The molecule has 138 valence electrons. The van der Waals surface area contributed by atoms with Gasteiger partial charge in [0.25, 0.3) is 7.37 Å². The summed E-state index contributed by atoms with van der Waals surface area (Å²) in [7, 11) is -3.56. The zero-order chi connectivity index (χ0) is 18.2. The van der Waals surface area contributed by atoms with Crippen molar-refractivity contribution in [3.8, 4) is 0 Å². The number of aliphatic hydroxyl groups is 2. The molecular formula is C17H29O6P. The molecule has 1 aromatic rings. The summed E-state index contributed by atoms with van der Waals surface area (Å²) in [5.41, 5.74) is -0.924. The average Bonchev–Trinajstić information content (AvgIpc) is 2.55. The predicted octanol–water partition coefficient (Wildman–Crippen LogP) is 3.14. The fourth-order valence-electron chi connectivity index (χ4n) is 2.54. The van der Waals surface area contributed by atoms with Crippen molar-refractivity contribution in [3.05, 3.63) is 35.9 Å². The fraction of sp³-hybridized carbons (Fsp3) is 0.647. The molecule has 0 radical (unpaired) electrons. The van der Waals surface area contributed by atoms with Crippen LogP contribution < -0.4 is 0 Å². The second-order valence-corrected chi connectivity index (χ2v) is 8.24. The lowest BCUT2D eigenvalue weighted by molar-refractivity contribution is -0.168. The van der Waals surface area contributed by atoms with Crippen LogP contribution in [0.1, 0.15) is 39.4 Å². The molecule has 1 rings (SSSR count). The monoisotopic (exact) mass is 360 g/mol.